The van der Waals surface area contributed by atoms with Gasteiger partial charge in [0.15, 0.2) is 0 Å². The highest BCUT2D eigenvalue weighted by molar-refractivity contribution is 6.01. The Bertz CT molecular complexity index is 756. The lowest BCUT2D eigenvalue weighted by molar-refractivity contribution is 0.976. The fourth-order valence-corrected chi connectivity index (χ4v) is 2.78. The van der Waals surface area contributed by atoms with E-state index in [0.29, 0.717) is 5.84 Å². The molecule has 0 spiro atoms. The Morgan fingerprint density at radius 2 is 1.25 bits per heavy atom. The van der Waals surface area contributed by atoms with Gasteiger partial charge in [0.2, 0.25) is 0 Å². The van der Waals surface area contributed by atoms with Crippen molar-refractivity contribution in [1.29, 1.82) is 5.41 Å². The molecular weight excluding hydrogens is 294 g/mol. The molecule has 0 atom stereocenters. The van der Waals surface area contributed by atoms with Crippen LogP contribution in [0.5, 0.6) is 0 Å². The molecule has 0 aromatic heterocycles. The van der Waals surface area contributed by atoms with Gasteiger partial charge in [-0.05, 0) is 30.2 Å². The Morgan fingerprint density at radius 3 is 1.71 bits per heavy atom. The SMILES string of the molecule is Cc1ccc(N(N)C(=N)C(c2ccccc2)c2ccccc2)cc1. The van der Waals surface area contributed by atoms with Crippen LogP contribution in [0.15, 0.2) is 84.9 Å². The van der Waals surface area contributed by atoms with Gasteiger partial charge in [-0.3, -0.25) is 10.4 Å². The highest BCUT2D eigenvalue weighted by atomic mass is 15.4. The van der Waals surface area contributed by atoms with Crippen LogP contribution in [0.1, 0.15) is 22.6 Å². The summed E-state index contributed by atoms with van der Waals surface area (Å²) < 4.78 is 0. The number of nitrogens with one attached hydrogen (secondary N) is 1. The van der Waals surface area contributed by atoms with E-state index in [0.717, 1.165) is 16.8 Å². The van der Waals surface area contributed by atoms with Gasteiger partial charge in [-0.1, -0.05) is 78.4 Å². The summed E-state index contributed by atoms with van der Waals surface area (Å²) >= 11 is 0. The van der Waals surface area contributed by atoms with Crippen molar-refractivity contribution in [2.75, 3.05) is 5.01 Å². The fourth-order valence-electron chi connectivity index (χ4n) is 2.78. The second-order valence-electron chi connectivity index (χ2n) is 5.85. The van der Waals surface area contributed by atoms with Crippen molar-refractivity contribution in [3.8, 4) is 0 Å². The van der Waals surface area contributed by atoms with Gasteiger partial charge in [-0.25, -0.2) is 5.84 Å². The number of nitrogens with two attached hydrogens (primary N) is 1. The molecule has 3 N–H and O–H groups in total. The smallest absolute Gasteiger partial charge is 0.127 e. The lowest BCUT2D eigenvalue weighted by atomic mass is 9.90. The third kappa shape index (κ3) is 3.36. The molecule has 0 fully saturated rings. The Kier molecular flexibility index (Phi) is 4.73. The van der Waals surface area contributed by atoms with Crippen molar-refractivity contribution >= 4 is 11.5 Å². The van der Waals surface area contributed by atoms with Gasteiger partial charge in [0.05, 0.1) is 11.6 Å². The summed E-state index contributed by atoms with van der Waals surface area (Å²) in [5.41, 5.74) is 4.08. The van der Waals surface area contributed by atoms with E-state index in [1.165, 1.54) is 10.6 Å². The number of benzene rings is 3. The normalized spacial score (nSPS) is 10.6. The molecule has 120 valence electrons. The molecule has 0 amide bonds. The second kappa shape index (κ2) is 7.11. The number of rotatable bonds is 4. The van der Waals surface area contributed by atoms with E-state index in [9.17, 15) is 0 Å². The Balaban J connectivity index is 1.99. The van der Waals surface area contributed by atoms with Crippen molar-refractivity contribution in [3.63, 3.8) is 0 Å². The standard InChI is InChI=1S/C21H21N3/c1-16-12-14-19(15-13-16)24(23)21(22)20(17-8-4-2-5-9-17)18-10-6-3-7-11-18/h2-15,20,22H,23H2,1H3. The molecule has 0 saturated carbocycles. The number of nitrogens with zero attached hydrogens (tertiary/aromatic N) is 1. The van der Waals surface area contributed by atoms with E-state index in [-0.39, 0.29) is 5.92 Å². The first-order valence-corrected chi connectivity index (χ1v) is 7.96. The van der Waals surface area contributed by atoms with E-state index >= 15 is 0 Å². The number of hydrogen-bond acceptors (Lipinski definition) is 2. The van der Waals surface area contributed by atoms with Crippen molar-refractivity contribution in [2.45, 2.75) is 12.8 Å². The summed E-state index contributed by atoms with van der Waals surface area (Å²) in [6.07, 6.45) is 0. The molecule has 0 heterocycles. The number of hydrogen-bond donors (Lipinski definition) is 2. The number of anilines is 1. The van der Waals surface area contributed by atoms with Crippen LogP contribution in [-0.4, -0.2) is 5.84 Å². The number of hydrazine groups is 1. The maximum absolute atomic E-state index is 8.72. The molecule has 0 radical (unpaired) electrons. The quantitative estimate of drug-likeness (QED) is 0.323. The first-order valence-electron chi connectivity index (χ1n) is 7.96. The summed E-state index contributed by atoms with van der Waals surface area (Å²) in [5.74, 6) is 6.41. The number of amidine groups is 1. The zero-order chi connectivity index (χ0) is 16.9. The predicted octanol–water partition coefficient (Wildman–Crippen LogP) is 4.48. The highest BCUT2D eigenvalue weighted by Gasteiger charge is 2.23. The van der Waals surface area contributed by atoms with Crippen molar-refractivity contribution in [2.24, 2.45) is 5.84 Å². The molecule has 0 aliphatic rings. The summed E-state index contributed by atoms with van der Waals surface area (Å²) in [4.78, 5) is 0. The van der Waals surface area contributed by atoms with Crippen LogP contribution in [-0.2, 0) is 0 Å². The molecule has 0 bridgehead atoms. The van der Waals surface area contributed by atoms with Gasteiger partial charge >= 0.3 is 0 Å². The summed E-state index contributed by atoms with van der Waals surface area (Å²) in [7, 11) is 0. The third-order valence-corrected chi connectivity index (χ3v) is 4.11. The molecule has 0 unspecified atom stereocenters. The average molecular weight is 315 g/mol. The highest BCUT2D eigenvalue weighted by Crippen LogP contribution is 2.28. The molecule has 3 nitrogen and oxygen atoms in total. The lowest BCUT2D eigenvalue weighted by Crippen LogP contribution is -2.40. The fraction of sp³-hybridized carbons (Fsp3) is 0.0952. The molecule has 3 rings (SSSR count). The first-order chi connectivity index (χ1) is 11.7. The van der Waals surface area contributed by atoms with E-state index < -0.39 is 0 Å². The van der Waals surface area contributed by atoms with Crippen molar-refractivity contribution < 1.29 is 0 Å². The average Bonchev–Trinajstić information content (AvgIpc) is 2.64. The molecule has 3 aromatic carbocycles. The Morgan fingerprint density at radius 1 is 0.792 bits per heavy atom. The van der Waals surface area contributed by atoms with Gasteiger partial charge in [-0.2, -0.15) is 0 Å². The minimum Gasteiger partial charge on any atom is -0.286 e. The molecular formula is C21H21N3. The van der Waals surface area contributed by atoms with E-state index in [2.05, 4.69) is 0 Å². The van der Waals surface area contributed by atoms with Crippen LogP contribution in [0.3, 0.4) is 0 Å². The number of aryl methyl sites for hydroxylation is 1. The molecule has 3 aromatic rings. The van der Waals surface area contributed by atoms with Crippen molar-refractivity contribution in [1.82, 2.24) is 0 Å². The van der Waals surface area contributed by atoms with E-state index in [1.54, 1.807) is 0 Å². The monoisotopic (exact) mass is 315 g/mol. The van der Waals surface area contributed by atoms with Crippen LogP contribution >= 0.6 is 0 Å². The van der Waals surface area contributed by atoms with Gasteiger partial charge in [0.25, 0.3) is 0 Å². The zero-order valence-corrected chi connectivity index (χ0v) is 13.7. The third-order valence-electron chi connectivity index (χ3n) is 4.11. The Hall–Kier alpha value is -2.91. The van der Waals surface area contributed by atoms with Gasteiger partial charge in [0.1, 0.15) is 5.84 Å². The topological polar surface area (TPSA) is 53.1 Å². The van der Waals surface area contributed by atoms with Gasteiger partial charge in [-0.15, -0.1) is 0 Å². The summed E-state index contributed by atoms with van der Waals surface area (Å²) in [6, 6.07) is 28.0. The van der Waals surface area contributed by atoms with Crippen molar-refractivity contribution in [3.05, 3.63) is 102 Å². The molecule has 0 aliphatic carbocycles. The van der Waals surface area contributed by atoms with E-state index in [4.69, 9.17) is 11.3 Å². The van der Waals surface area contributed by atoms with Crippen LogP contribution in [0.25, 0.3) is 0 Å². The molecule has 0 aliphatic heterocycles. The van der Waals surface area contributed by atoms with Crippen LogP contribution in [0, 0.1) is 12.3 Å². The molecule has 0 saturated heterocycles. The van der Waals surface area contributed by atoms with Crippen LogP contribution < -0.4 is 10.9 Å². The second-order valence-corrected chi connectivity index (χ2v) is 5.85. The Labute approximate surface area is 142 Å². The molecule has 3 heteroatoms. The maximum Gasteiger partial charge on any atom is 0.127 e. The van der Waals surface area contributed by atoms with Crippen LogP contribution in [0.4, 0.5) is 5.69 Å². The largest absolute Gasteiger partial charge is 0.286 e. The summed E-state index contributed by atoms with van der Waals surface area (Å²) in [5, 5.41) is 10.2. The van der Waals surface area contributed by atoms with Gasteiger partial charge in [0, 0.05) is 0 Å². The minimum atomic E-state index is -0.210. The first kappa shape index (κ1) is 16.0. The van der Waals surface area contributed by atoms with Crippen LogP contribution in [0.2, 0.25) is 0 Å². The summed E-state index contributed by atoms with van der Waals surface area (Å²) in [6.45, 7) is 2.03. The predicted molar refractivity (Wildman–Crippen MR) is 100 cm³/mol. The maximum atomic E-state index is 8.72. The minimum absolute atomic E-state index is 0.210. The van der Waals surface area contributed by atoms with Gasteiger partial charge < -0.3 is 0 Å². The molecule has 24 heavy (non-hydrogen) atoms. The van der Waals surface area contributed by atoms with E-state index in [1.807, 2.05) is 91.9 Å². The lowest BCUT2D eigenvalue weighted by Gasteiger charge is -2.27. The zero-order valence-electron chi connectivity index (χ0n) is 13.7.